The van der Waals surface area contributed by atoms with Crippen molar-refractivity contribution in [1.82, 2.24) is 35.6 Å². The van der Waals surface area contributed by atoms with E-state index in [0.717, 1.165) is 0 Å². The largest absolute Gasteiger partial charge is 0.480 e. The maximum absolute atomic E-state index is 12.9. The molecule has 1 unspecified atom stereocenters. The fraction of sp³-hybridized carbons (Fsp3) is 0.750. The molecule has 270 valence electrons. The van der Waals surface area contributed by atoms with Gasteiger partial charge in [0.15, 0.2) is 0 Å². The number of hydrogen-bond acceptors (Lipinski definition) is 10. The van der Waals surface area contributed by atoms with Crippen molar-refractivity contribution in [2.24, 2.45) is 5.41 Å². The highest BCUT2D eigenvalue weighted by Crippen LogP contribution is 2.29. The zero-order valence-corrected chi connectivity index (χ0v) is 27.9. The summed E-state index contributed by atoms with van der Waals surface area (Å²) in [5.74, 6) is -4.84. The van der Waals surface area contributed by atoms with E-state index in [0.29, 0.717) is 0 Å². The second kappa shape index (κ2) is 20.1. The number of nitrogens with zero attached hydrogens (tertiary/aromatic N) is 4. The van der Waals surface area contributed by atoms with Crippen molar-refractivity contribution in [2.45, 2.75) is 53.1 Å². The van der Waals surface area contributed by atoms with Crippen LogP contribution in [0, 0.1) is 5.41 Å². The summed E-state index contributed by atoms with van der Waals surface area (Å²) in [7, 11) is 0. The Morgan fingerprint density at radius 2 is 0.936 bits per heavy atom. The molecule has 0 spiro atoms. The lowest BCUT2D eigenvalue weighted by Gasteiger charge is -2.45. The predicted molar refractivity (Wildman–Crippen MR) is 167 cm³/mol. The van der Waals surface area contributed by atoms with Crippen LogP contribution in [0.2, 0.25) is 0 Å². The van der Waals surface area contributed by atoms with Crippen molar-refractivity contribution < 1.29 is 59.1 Å². The molecule has 1 atom stereocenters. The summed E-state index contributed by atoms with van der Waals surface area (Å²) in [5.41, 5.74) is -1.34. The molecule has 0 saturated carbocycles. The van der Waals surface area contributed by atoms with Gasteiger partial charge in [0.2, 0.25) is 11.8 Å². The van der Waals surface area contributed by atoms with E-state index in [1.54, 1.807) is 20.8 Å². The van der Waals surface area contributed by atoms with Gasteiger partial charge in [0.25, 0.3) is 0 Å². The minimum Gasteiger partial charge on any atom is -0.480 e. The van der Waals surface area contributed by atoms with Gasteiger partial charge in [0.05, 0.1) is 38.8 Å². The molecule has 0 aromatic carbocycles. The molecule has 0 saturated heterocycles. The number of nitrogens with one attached hydrogen (secondary N) is 3. The fourth-order valence-corrected chi connectivity index (χ4v) is 4.61. The van der Waals surface area contributed by atoms with Crippen molar-refractivity contribution in [3.05, 3.63) is 0 Å². The van der Waals surface area contributed by atoms with Gasteiger partial charge in [-0.2, -0.15) is 0 Å². The van der Waals surface area contributed by atoms with E-state index in [-0.39, 0.29) is 58.9 Å². The average Bonchev–Trinajstić information content (AvgIpc) is 2.87. The van der Waals surface area contributed by atoms with Crippen molar-refractivity contribution in [1.29, 1.82) is 0 Å². The highest BCUT2D eigenvalue weighted by atomic mass is 16.4. The van der Waals surface area contributed by atoms with Crippen LogP contribution in [0.1, 0.15) is 41.5 Å². The molecule has 0 fully saturated rings. The van der Waals surface area contributed by atoms with E-state index in [9.17, 15) is 54.0 Å². The van der Waals surface area contributed by atoms with E-state index in [2.05, 4.69) is 16.0 Å². The van der Waals surface area contributed by atoms with Crippen LogP contribution in [0.4, 0.5) is 9.59 Å². The van der Waals surface area contributed by atoms with Crippen LogP contribution in [0.25, 0.3) is 0 Å². The zero-order valence-electron chi connectivity index (χ0n) is 27.9. The number of carbonyl (C=O) groups excluding carboxylic acids is 2. The monoisotopic (exact) mass is 677 g/mol. The first-order valence-electron chi connectivity index (χ1n) is 14.9. The maximum atomic E-state index is 12.9. The third-order valence-corrected chi connectivity index (χ3v) is 6.73. The summed E-state index contributed by atoms with van der Waals surface area (Å²) in [4.78, 5) is 87.4. The van der Waals surface area contributed by atoms with Crippen LogP contribution < -0.4 is 16.0 Å². The Labute approximate surface area is 273 Å². The van der Waals surface area contributed by atoms with Gasteiger partial charge in [-0.05, 0) is 26.2 Å². The molecule has 0 heterocycles. The van der Waals surface area contributed by atoms with E-state index >= 15 is 0 Å². The van der Waals surface area contributed by atoms with Gasteiger partial charge < -0.3 is 41.5 Å². The first kappa shape index (κ1) is 42.8. The second-order valence-electron chi connectivity index (χ2n) is 13.0. The molecular weight excluding hydrogens is 626 g/mol. The predicted octanol–water partition coefficient (Wildman–Crippen LogP) is -1.16. The molecule has 19 heteroatoms. The lowest BCUT2D eigenvalue weighted by molar-refractivity contribution is -0.141. The molecule has 8 N–H and O–H groups in total. The maximum Gasteiger partial charge on any atom is 0.408 e. The molecule has 0 aliphatic carbocycles. The number of carboxylic acids is 3. The first-order valence-corrected chi connectivity index (χ1v) is 14.9. The molecule has 0 radical (unpaired) electrons. The Morgan fingerprint density at radius 3 is 1.30 bits per heavy atom. The van der Waals surface area contributed by atoms with Gasteiger partial charge in [0, 0.05) is 51.4 Å². The Bertz CT molecular complexity index is 1090. The van der Waals surface area contributed by atoms with E-state index < -0.39 is 78.5 Å². The van der Waals surface area contributed by atoms with Gasteiger partial charge in [-0.25, -0.2) is 9.59 Å². The lowest BCUT2D eigenvalue weighted by atomic mass is 9.83. The number of carbonyl (C=O) groups is 7. The van der Waals surface area contributed by atoms with Gasteiger partial charge in [0.1, 0.15) is 0 Å². The fourth-order valence-electron chi connectivity index (χ4n) is 4.61. The number of rotatable bonds is 22. The summed E-state index contributed by atoms with van der Waals surface area (Å²) in [6.45, 7) is 8.08. The third-order valence-electron chi connectivity index (χ3n) is 6.73. The van der Waals surface area contributed by atoms with Gasteiger partial charge in [-0.3, -0.25) is 43.6 Å². The molecule has 0 aromatic heterocycles. The van der Waals surface area contributed by atoms with Crippen molar-refractivity contribution in [3.63, 3.8) is 0 Å². The highest BCUT2D eigenvalue weighted by molar-refractivity contribution is 5.79. The topological polar surface area (TPSA) is 270 Å². The number of carboxylic acid groups (broad SMARTS) is 5. The van der Waals surface area contributed by atoms with Gasteiger partial charge >= 0.3 is 30.1 Å². The van der Waals surface area contributed by atoms with E-state index in [1.165, 1.54) is 19.6 Å². The number of hydrogen-bond donors (Lipinski definition) is 8. The van der Waals surface area contributed by atoms with Gasteiger partial charge in [-0.1, -0.05) is 20.8 Å². The van der Waals surface area contributed by atoms with Crippen molar-refractivity contribution >= 4 is 41.9 Å². The number of amides is 4. The van der Waals surface area contributed by atoms with Gasteiger partial charge in [-0.15, -0.1) is 0 Å². The standard InChI is InChI=1S/C28H51N7O12/c1-27(2,3)19(35(26(46)47)28(4,5)6)13-31-21(37)15-34(18-24(42)43)12-10-32(16-22(38)39)9-11-33(17-23(40)41)14-20(36)29-7-8-30-25(44)45/h19,30H,7-18H2,1-6H3,(H,29,36)(H,31,37)(H,38,39)(H,40,41)(H,42,43)(H,44,45)(H,46,47). The average molecular weight is 678 g/mol. The molecule has 0 bridgehead atoms. The van der Waals surface area contributed by atoms with Crippen LogP contribution in [0.15, 0.2) is 0 Å². The highest BCUT2D eigenvalue weighted by Gasteiger charge is 2.39. The molecular formula is C28H51N7O12. The minimum absolute atomic E-state index is 0.0222. The SMILES string of the molecule is CC(C)(C)C(CNC(=O)CN(CCN(CCN(CC(=O)O)CC(=O)NCCNC(=O)O)CC(=O)O)CC(=O)O)N(C(=O)O)C(C)(C)C. The zero-order chi connectivity index (χ0) is 36.5. The Balaban J connectivity index is 5.50. The summed E-state index contributed by atoms with van der Waals surface area (Å²) < 4.78 is 0. The molecule has 0 aromatic rings. The summed E-state index contributed by atoms with van der Waals surface area (Å²) in [6, 6.07) is -0.625. The Morgan fingerprint density at radius 1 is 0.553 bits per heavy atom. The lowest BCUT2D eigenvalue weighted by Crippen LogP contribution is -2.59. The molecule has 47 heavy (non-hydrogen) atoms. The van der Waals surface area contributed by atoms with Crippen molar-refractivity contribution in [3.8, 4) is 0 Å². The smallest absolute Gasteiger partial charge is 0.408 e. The molecule has 4 amide bonds. The summed E-state index contributed by atoms with van der Waals surface area (Å²) in [5, 5.41) is 53.8. The van der Waals surface area contributed by atoms with E-state index in [1.807, 2.05) is 20.8 Å². The first-order chi connectivity index (χ1) is 21.5. The summed E-state index contributed by atoms with van der Waals surface area (Å²) in [6.07, 6.45) is -2.43. The molecule has 0 aliphatic heterocycles. The van der Waals surface area contributed by atoms with E-state index in [4.69, 9.17) is 5.11 Å². The number of aliphatic carboxylic acids is 3. The third kappa shape index (κ3) is 19.8. The van der Waals surface area contributed by atoms with Crippen LogP contribution in [0.3, 0.4) is 0 Å². The van der Waals surface area contributed by atoms with Crippen LogP contribution in [0.5, 0.6) is 0 Å². The molecule has 19 nitrogen and oxygen atoms in total. The second-order valence-corrected chi connectivity index (χ2v) is 13.0. The van der Waals surface area contributed by atoms with Crippen molar-refractivity contribution in [2.75, 3.05) is 78.5 Å². The minimum atomic E-state index is -1.27. The summed E-state index contributed by atoms with van der Waals surface area (Å²) >= 11 is 0. The molecule has 0 aliphatic rings. The van der Waals surface area contributed by atoms with Crippen LogP contribution >= 0.6 is 0 Å². The normalized spacial score (nSPS) is 12.4. The Hall–Kier alpha value is -4.23. The van der Waals surface area contributed by atoms with Crippen LogP contribution in [-0.2, 0) is 24.0 Å². The van der Waals surface area contributed by atoms with Crippen LogP contribution in [-0.4, -0.2) is 177 Å². The Kier molecular flexibility index (Phi) is 18.3. The quantitative estimate of drug-likeness (QED) is 0.0628. The molecule has 0 rings (SSSR count).